The van der Waals surface area contributed by atoms with E-state index in [-0.39, 0.29) is 25.5 Å². The largest absolute Gasteiger partial charge is 0.497 e. The van der Waals surface area contributed by atoms with E-state index in [4.69, 9.17) is 14.2 Å². The molecular weight excluding hydrogens is 374 g/mol. The average molecular weight is 397 g/mol. The van der Waals surface area contributed by atoms with Crippen LogP contribution in [-0.4, -0.2) is 42.0 Å². The molecule has 0 unspecified atom stereocenters. The number of carbonyl (C=O) groups excluding carboxylic acids is 3. The van der Waals surface area contributed by atoms with Gasteiger partial charge in [-0.3, -0.25) is 9.59 Å². The van der Waals surface area contributed by atoms with Crippen LogP contribution in [0.2, 0.25) is 0 Å². The number of methoxy groups -OCH3 is 1. The molecule has 29 heavy (non-hydrogen) atoms. The molecule has 0 N–H and O–H groups in total. The van der Waals surface area contributed by atoms with Crippen LogP contribution in [0.5, 0.6) is 5.75 Å². The summed E-state index contributed by atoms with van der Waals surface area (Å²) in [6.07, 6.45) is -1.15. The predicted octanol–water partition coefficient (Wildman–Crippen LogP) is 2.47. The third kappa shape index (κ3) is 5.13. The van der Waals surface area contributed by atoms with Gasteiger partial charge in [-0.1, -0.05) is 42.5 Å². The van der Waals surface area contributed by atoms with E-state index in [9.17, 15) is 14.4 Å². The SMILES string of the molecule is COc1ccc(CN2C(=O)[C@H](C)OC(=O)[C@@H]2CC(=O)OCc2ccccc2)cc1. The molecule has 0 aromatic heterocycles. The summed E-state index contributed by atoms with van der Waals surface area (Å²) in [5.41, 5.74) is 1.65. The molecule has 1 heterocycles. The fraction of sp³-hybridized carbons (Fsp3) is 0.318. The first-order valence-corrected chi connectivity index (χ1v) is 9.31. The highest BCUT2D eigenvalue weighted by Crippen LogP contribution is 2.22. The summed E-state index contributed by atoms with van der Waals surface area (Å²) < 4.78 is 15.5. The summed E-state index contributed by atoms with van der Waals surface area (Å²) in [4.78, 5) is 38.8. The summed E-state index contributed by atoms with van der Waals surface area (Å²) in [5, 5.41) is 0. The van der Waals surface area contributed by atoms with Crippen molar-refractivity contribution in [3.8, 4) is 5.75 Å². The number of cyclic esters (lactones) is 1. The van der Waals surface area contributed by atoms with Crippen LogP contribution in [0, 0.1) is 0 Å². The first-order chi connectivity index (χ1) is 14.0. The normalized spacial score (nSPS) is 18.9. The van der Waals surface area contributed by atoms with Crippen LogP contribution < -0.4 is 4.74 Å². The number of hydrogen-bond donors (Lipinski definition) is 0. The number of ether oxygens (including phenoxy) is 3. The lowest BCUT2D eigenvalue weighted by Gasteiger charge is -2.36. The van der Waals surface area contributed by atoms with Crippen molar-refractivity contribution in [2.75, 3.05) is 7.11 Å². The number of esters is 2. The van der Waals surface area contributed by atoms with E-state index >= 15 is 0 Å². The quantitative estimate of drug-likeness (QED) is 0.668. The smallest absolute Gasteiger partial charge is 0.330 e. The van der Waals surface area contributed by atoms with Gasteiger partial charge in [0.1, 0.15) is 18.4 Å². The van der Waals surface area contributed by atoms with Gasteiger partial charge in [0.15, 0.2) is 6.10 Å². The number of rotatable bonds is 7. The Labute approximate surface area is 169 Å². The summed E-state index contributed by atoms with van der Waals surface area (Å²) in [6, 6.07) is 15.4. The molecule has 1 aliphatic heterocycles. The lowest BCUT2D eigenvalue weighted by Crippen LogP contribution is -2.56. The number of hydrogen-bond acceptors (Lipinski definition) is 6. The predicted molar refractivity (Wildman–Crippen MR) is 104 cm³/mol. The van der Waals surface area contributed by atoms with Gasteiger partial charge in [0.25, 0.3) is 5.91 Å². The maximum absolute atomic E-state index is 12.6. The molecule has 3 rings (SSSR count). The average Bonchev–Trinajstić information content (AvgIpc) is 2.74. The van der Waals surface area contributed by atoms with Crippen LogP contribution in [0.25, 0.3) is 0 Å². The van der Waals surface area contributed by atoms with E-state index in [0.29, 0.717) is 5.75 Å². The van der Waals surface area contributed by atoms with Crippen molar-refractivity contribution >= 4 is 17.8 Å². The van der Waals surface area contributed by atoms with Crippen LogP contribution in [0.15, 0.2) is 54.6 Å². The summed E-state index contributed by atoms with van der Waals surface area (Å²) >= 11 is 0. The van der Waals surface area contributed by atoms with Crippen LogP contribution in [0.1, 0.15) is 24.5 Å². The standard InChI is InChI=1S/C22H23NO6/c1-15-21(25)23(13-16-8-10-18(27-2)11-9-16)19(22(26)29-15)12-20(24)28-14-17-6-4-3-5-7-17/h3-11,15,19H,12-14H2,1-2H3/t15-,19-/m0/s1. The molecule has 1 fully saturated rings. The molecule has 2 aromatic carbocycles. The van der Waals surface area contributed by atoms with Crippen LogP contribution >= 0.6 is 0 Å². The van der Waals surface area contributed by atoms with Crippen molar-refractivity contribution in [3.63, 3.8) is 0 Å². The number of amides is 1. The van der Waals surface area contributed by atoms with Crippen molar-refractivity contribution < 1.29 is 28.6 Å². The Balaban J connectivity index is 1.69. The fourth-order valence-electron chi connectivity index (χ4n) is 3.08. The summed E-state index contributed by atoms with van der Waals surface area (Å²) in [5.74, 6) is -0.839. The van der Waals surface area contributed by atoms with Gasteiger partial charge in [0.2, 0.25) is 0 Å². The topological polar surface area (TPSA) is 82.1 Å². The Bertz CT molecular complexity index is 865. The molecule has 2 atom stereocenters. The fourth-order valence-corrected chi connectivity index (χ4v) is 3.08. The highest BCUT2D eigenvalue weighted by atomic mass is 16.6. The Morgan fingerprint density at radius 2 is 1.72 bits per heavy atom. The first kappa shape index (κ1) is 20.4. The van der Waals surface area contributed by atoms with Gasteiger partial charge < -0.3 is 19.1 Å². The van der Waals surface area contributed by atoms with Gasteiger partial charge in [0.05, 0.1) is 13.5 Å². The van der Waals surface area contributed by atoms with Crippen molar-refractivity contribution in [1.29, 1.82) is 0 Å². The van der Waals surface area contributed by atoms with Gasteiger partial charge in [-0.05, 0) is 30.2 Å². The monoisotopic (exact) mass is 397 g/mol. The molecule has 0 bridgehead atoms. The van der Waals surface area contributed by atoms with E-state index in [1.54, 1.807) is 19.2 Å². The molecule has 2 aromatic rings. The zero-order chi connectivity index (χ0) is 20.8. The van der Waals surface area contributed by atoms with Crippen molar-refractivity contribution in [2.45, 2.75) is 38.6 Å². The van der Waals surface area contributed by atoms with Crippen molar-refractivity contribution in [2.24, 2.45) is 0 Å². The van der Waals surface area contributed by atoms with E-state index in [2.05, 4.69) is 0 Å². The number of benzene rings is 2. The molecular formula is C22H23NO6. The Kier molecular flexibility index (Phi) is 6.49. The zero-order valence-electron chi connectivity index (χ0n) is 16.4. The molecule has 7 heteroatoms. The maximum Gasteiger partial charge on any atom is 0.330 e. The molecule has 152 valence electrons. The second-order valence-corrected chi connectivity index (χ2v) is 6.76. The van der Waals surface area contributed by atoms with Crippen molar-refractivity contribution in [3.05, 3.63) is 65.7 Å². The van der Waals surface area contributed by atoms with E-state index in [1.807, 2.05) is 42.5 Å². The second-order valence-electron chi connectivity index (χ2n) is 6.76. The minimum Gasteiger partial charge on any atom is -0.497 e. The Morgan fingerprint density at radius 3 is 2.38 bits per heavy atom. The van der Waals surface area contributed by atoms with Gasteiger partial charge in [-0.2, -0.15) is 0 Å². The molecule has 0 saturated carbocycles. The maximum atomic E-state index is 12.6. The minimum absolute atomic E-state index is 0.101. The van der Waals surface area contributed by atoms with Crippen LogP contribution in [-0.2, 0) is 37.0 Å². The van der Waals surface area contributed by atoms with Gasteiger partial charge in [-0.25, -0.2) is 4.79 Å². The minimum atomic E-state index is -1.02. The summed E-state index contributed by atoms with van der Waals surface area (Å²) in [7, 11) is 1.57. The highest BCUT2D eigenvalue weighted by molar-refractivity contribution is 5.94. The summed E-state index contributed by atoms with van der Waals surface area (Å²) in [6.45, 7) is 1.80. The van der Waals surface area contributed by atoms with Crippen molar-refractivity contribution in [1.82, 2.24) is 4.90 Å². The van der Waals surface area contributed by atoms with Crippen LogP contribution in [0.4, 0.5) is 0 Å². The van der Waals surface area contributed by atoms with E-state index in [0.717, 1.165) is 11.1 Å². The first-order valence-electron chi connectivity index (χ1n) is 9.31. The van der Waals surface area contributed by atoms with Crippen LogP contribution in [0.3, 0.4) is 0 Å². The van der Waals surface area contributed by atoms with Gasteiger partial charge in [-0.15, -0.1) is 0 Å². The van der Waals surface area contributed by atoms with Gasteiger partial charge >= 0.3 is 11.9 Å². The highest BCUT2D eigenvalue weighted by Gasteiger charge is 2.41. The number of carbonyl (C=O) groups is 3. The third-order valence-corrected chi connectivity index (χ3v) is 4.69. The Morgan fingerprint density at radius 1 is 1.03 bits per heavy atom. The third-order valence-electron chi connectivity index (χ3n) is 4.69. The zero-order valence-corrected chi connectivity index (χ0v) is 16.4. The van der Waals surface area contributed by atoms with E-state index in [1.165, 1.54) is 11.8 Å². The number of nitrogens with zero attached hydrogens (tertiary/aromatic N) is 1. The molecule has 0 radical (unpaired) electrons. The molecule has 1 saturated heterocycles. The molecule has 1 amide bonds. The van der Waals surface area contributed by atoms with E-state index < -0.39 is 24.1 Å². The molecule has 7 nitrogen and oxygen atoms in total. The molecule has 1 aliphatic rings. The number of morpholine rings is 1. The second kappa shape index (κ2) is 9.23. The molecule has 0 spiro atoms. The lowest BCUT2D eigenvalue weighted by molar-refractivity contribution is -0.180. The van der Waals surface area contributed by atoms with Gasteiger partial charge in [0, 0.05) is 6.54 Å². The molecule has 0 aliphatic carbocycles. The lowest BCUT2D eigenvalue weighted by atomic mass is 10.1. The Hall–Kier alpha value is -3.35.